The summed E-state index contributed by atoms with van der Waals surface area (Å²) in [5.74, 6) is 0. The third-order valence-corrected chi connectivity index (χ3v) is 4.00. The molecule has 0 amide bonds. The number of hydrogen-bond acceptors (Lipinski definition) is 3. The fraction of sp³-hybridized carbons (Fsp3) is 0.750. The minimum Gasteiger partial charge on any atom is -0.383 e. The summed E-state index contributed by atoms with van der Waals surface area (Å²) < 4.78 is 1.92. The average molecular weight is 221 g/mol. The quantitative estimate of drug-likeness (QED) is 0.783. The molecule has 2 aliphatic rings. The first kappa shape index (κ1) is 10.3. The molecule has 1 aromatic rings. The van der Waals surface area contributed by atoms with Crippen LogP contribution in [0.5, 0.6) is 0 Å². The van der Waals surface area contributed by atoms with E-state index in [2.05, 4.69) is 17.3 Å². The van der Waals surface area contributed by atoms with Crippen molar-refractivity contribution < 1.29 is 5.11 Å². The van der Waals surface area contributed by atoms with Crippen molar-refractivity contribution in [2.45, 2.75) is 56.8 Å². The number of nitrogens with one attached hydrogen (secondary N) is 1. The molecule has 2 aliphatic heterocycles. The summed E-state index contributed by atoms with van der Waals surface area (Å²) >= 11 is 0. The van der Waals surface area contributed by atoms with Crippen LogP contribution < -0.4 is 5.32 Å². The lowest BCUT2D eigenvalue weighted by Gasteiger charge is -2.37. The van der Waals surface area contributed by atoms with E-state index in [9.17, 15) is 5.11 Å². The Hall–Kier alpha value is -0.870. The van der Waals surface area contributed by atoms with E-state index in [-0.39, 0.29) is 0 Å². The standard InChI is InChI=1S/C12H19N3O/c1-2-15-11(5-6-13-15)12(16)7-9-3-4-10(8-12)14-9/h5-6,9-10,14,16H,2-4,7-8H2,1H3. The number of nitrogens with zero attached hydrogens (tertiary/aromatic N) is 2. The van der Waals surface area contributed by atoms with Gasteiger partial charge in [0, 0.05) is 24.8 Å². The van der Waals surface area contributed by atoms with Gasteiger partial charge in [0.15, 0.2) is 0 Å². The molecule has 0 aliphatic carbocycles. The largest absolute Gasteiger partial charge is 0.383 e. The van der Waals surface area contributed by atoms with Gasteiger partial charge >= 0.3 is 0 Å². The van der Waals surface area contributed by atoms with Crippen LogP contribution in [0.15, 0.2) is 12.3 Å². The molecule has 16 heavy (non-hydrogen) atoms. The van der Waals surface area contributed by atoms with E-state index < -0.39 is 5.60 Å². The molecular formula is C12H19N3O. The first-order valence-corrected chi connectivity index (χ1v) is 6.22. The highest BCUT2D eigenvalue weighted by molar-refractivity contribution is 5.16. The van der Waals surface area contributed by atoms with Gasteiger partial charge in [0.05, 0.1) is 5.69 Å². The lowest BCUT2D eigenvalue weighted by molar-refractivity contribution is -0.0190. The maximum Gasteiger partial charge on any atom is 0.109 e. The van der Waals surface area contributed by atoms with Crippen LogP contribution in [-0.2, 0) is 12.1 Å². The molecular weight excluding hydrogens is 202 g/mol. The summed E-state index contributed by atoms with van der Waals surface area (Å²) in [6.45, 7) is 2.89. The molecule has 0 aromatic carbocycles. The highest BCUT2D eigenvalue weighted by Crippen LogP contribution is 2.40. The molecule has 2 N–H and O–H groups in total. The number of rotatable bonds is 2. The third-order valence-electron chi connectivity index (χ3n) is 4.00. The Morgan fingerprint density at radius 3 is 2.81 bits per heavy atom. The Bertz CT molecular complexity index is 375. The molecule has 2 unspecified atom stereocenters. The van der Waals surface area contributed by atoms with Crippen molar-refractivity contribution in [3.63, 3.8) is 0 Å². The fourth-order valence-corrected chi connectivity index (χ4v) is 3.31. The van der Waals surface area contributed by atoms with Crippen LogP contribution in [0.1, 0.15) is 38.3 Å². The summed E-state index contributed by atoms with van der Waals surface area (Å²) in [5, 5.41) is 18.6. The zero-order chi connectivity index (χ0) is 11.2. The molecule has 1 aromatic heterocycles. The molecule has 2 atom stereocenters. The van der Waals surface area contributed by atoms with Crippen molar-refractivity contribution in [1.82, 2.24) is 15.1 Å². The molecule has 0 radical (unpaired) electrons. The van der Waals surface area contributed by atoms with E-state index >= 15 is 0 Å². The van der Waals surface area contributed by atoms with Gasteiger partial charge in [-0.2, -0.15) is 5.10 Å². The molecule has 2 saturated heterocycles. The molecule has 4 heteroatoms. The summed E-state index contributed by atoms with van der Waals surface area (Å²) in [7, 11) is 0. The van der Waals surface area contributed by atoms with Crippen LogP contribution in [0, 0.1) is 0 Å². The first-order valence-electron chi connectivity index (χ1n) is 6.22. The van der Waals surface area contributed by atoms with Gasteiger partial charge < -0.3 is 10.4 Å². The van der Waals surface area contributed by atoms with Gasteiger partial charge in [0.2, 0.25) is 0 Å². The summed E-state index contributed by atoms with van der Waals surface area (Å²) in [6, 6.07) is 2.95. The zero-order valence-electron chi connectivity index (χ0n) is 9.69. The van der Waals surface area contributed by atoms with Gasteiger partial charge in [0.1, 0.15) is 5.60 Å². The van der Waals surface area contributed by atoms with Gasteiger partial charge in [-0.15, -0.1) is 0 Å². The molecule has 0 saturated carbocycles. The van der Waals surface area contributed by atoms with Crippen LogP contribution in [0.2, 0.25) is 0 Å². The average Bonchev–Trinajstić information content (AvgIpc) is 2.85. The van der Waals surface area contributed by atoms with Gasteiger partial charge in [-0.05, 0) is 38.7 Å². The third kappa shape index (κ3) is 1.48. The second-order valence-electron chi connectivity index (χ2n) is 5.11. The number of aliphatic hydroxyl groups is 1. The van der Waals surface area contributed by atoms with Crippen LogP contribution in [0.25, 0.3) is 0 Å². The van der Waals surface area contributed by atoms with E-state index in [4.69, 9.17) is 0 Å². The molecule has 0 spiro atoms. The molecule has 2 bridgehead atoms. The van der Waals surface area contributed by atoms with Gasteiger partial charge in [0.25, 0.3) is 0 Å². The monoisotopic (exact) mass is 221 g/mol. The van der Waals surface area contributed by atoms with Crippen molar-refractivity contribution >= 4 is 0 Å². The van der Waals surface area contributed by atoms with Crippen LogP contribution in [0.4, 0.5) is 0 Å². The van der Waals surface area contributed by atoms with Crippen molar-refractivity contribution in [2.75, 3.05) is 0 Å². The van der Waals surface area contributed by atoms with Gasteiger partial charge in [-0.1, -0.05) is 0 Å². The number of aromatic nitrogens is 2. The van der Waals surface area contributed by atoms with E-state index in [1.807, 2.05) is 10.7 Å². The summed E-state index contributed by atoms with van der Waals surface area (Å²) in [6.07, 6.45) is 5.85. The Kier molecular flexibility index (Phi) is 2.30. The van der Waals surface area contributed by atoms with Crippen LogP contribution >= 0.6 is 0 Å². The molecule has 4 nitrogen and oxygen atoms in total. The smallest absolute Gasteiger partial charge is 0.109 e. The second-order valence-corrected chi connectivity index (χ2v) is 5.11. The summed E-state index contributed by atoms with van der Waals surface area (Å²) in [4.78, 5) is 0. The zero-order valence-corrected chi connectivity index (χ0v) is 9.69. The van der Waals surface area contributed by atoms with Crippen molar-refractivity contribution in [3.05, 3.63) is 18.0 Å². The molecule has 88 valence electrons. The fourth-order valence-electron chi connectivity index (χ4n) is 3.31. The predicted octanol–water partition coefficient (Wildman–Crippen LogP) is 1.00. The van der Waals surface area contributed by atoms with Crippen LogP contribution in [0.3, 0.4) is 0 Å². The lowest BCUT2D eigenvalue weighted by Crippen LogP contribution is -2.47. The van der Waals surface area contributed by atoms with Crippen LogP contribution in [-0.4, -0.2) is 27.0 Å². The van der Waals surface area contributed by atoms with E-state index in [1.54, 1.807) is 6.20 Å². The Labute approximate surface area is 95.7 Å². The van der Waals surface area contributed by atoms with Gasteiger partial charge in [-0.25, -0.2) is 0 Å². The highest BCUT2D eigenvalue weighted by atomic mass is 16.3. The highest BCUT2D eigenvalue weighted by Gasteiger charge is 2.44. The number of hydrogen-bond donors (Lipinski definition) is 2. The molecule has 3 rings (SSSR count). The maximum absolute atomic E-state index is 10.8. The van der Waals surface area contributed by atoms with Crippen molar-refractivity contribution in [1.29, 1.82) is 0 Å². The van der Waals surface area contributed by atoms with E-state index in [1.165, 1.54) is 12.8 Å². The first-order chi connectivity index (χ1) is 7.71. The van der Waals surface area contributed by atoms with Crippen molar-refractivity contribution in [2.24, 2.45) is 0 Å². The molecule has 3 heterocycles. The second kappa shape index (κ2) is 3.57. The van der Waals surface area contributed by atoms with E-state index in [0.29, 0.717) is 12.1 Å². The Morgan fingerprint density at radius 1 is 1.50 bits per heavy atom. The minimum absolute atomic E-state index is 0.490. The number of piperidine rings is 1. The Morgan fingerprint density at radius 2 is 2.19 bits per heavy atom. The molecule has 2 fully saturated rings. The number of fused-ring (bicyclic) bond motifs is 2. The van der Waals surface area contributed by atoms with Gasteiger partial charge in [-0.3, -0.25) is 4.68 Å². The topological polar surface area (TPSA) is 50.1 Å². The lowest BCUT2D eigenvalue weighted by atomic mass is 9.84. The van der Waals surface area contributed by atoms with Crippen molar-refractivity contribution in [3.8, 4) is 0 Å². The SMILES string of the molecule is CCn1nccc1C1(O)CC2CCC(C1)N2. The number of aryl methyl sites for hydroxylation is 1. The van der Waals surface area contributed by atoms with E-state index in [0.717, 1.165) is 25.1 Å². The predicted molar refractivity (Wildman–Crippen MR) is 61.0 cm³/mol. The maximum atomic E-state index is 10.8. The summed E-state index contributed by atoms with van der Waals surface area (Å²) in [5.41, 5.74) is 0.331. The Balaban J connectivity index is 1.93. The minimum atomic E-state index is -0.663. The normalized spacial score (nSPS) is 37.9.